The van der Waals surface area contributed by atoms with Gasteiger partial charge in [0, 0.05) is 15.8 Å². The van der Waals surface area contributed by atoms with E-state index in [0.717, 1.165) is 38.3 Å². The highest BCUT2D eigenvalue weighted by atomic mass is 32.1. The highest BCUT2D eigenvalue weighted by Gasteiger charge is 2.17. The van der Waals surface area contributed by atoms with E-state index in [1.165, 1.54) is 31.6 Å². The smallest absolute Gasteiger partial charge is 0.174 e. The highest BCUT2D eigenvalue weighted by Crippen LogP contribution is 2.39. The van der Waals surface area contributed by atoms with Crippen LogP contribution in [-0.2, 0) is 0 Å². The monoisotopic (exact) mass is 642 g/mol. The van der Waals surface area contributed by atoms with Gasteiger partial charge in [-0.25, -0.2) is 15.0 Å². The zero-order valence-corrected chi connectivity index (χ0v) is 27.0. The Hall–Kier alpha value is -6.48. The van der Waals surface area contributed by atoms with Crippen LogP contribution >= 0.6 is 11.3 Å². The summed E-state index contributed by atoms with van der Waals surface area (Å²) in [5.74, 6) is 1.87. The van der Waals surface area contributed by atoms with Gasteiger partial charge in [-0.1, -0.05) is 109 Å². The van der Waals surface area contributed by atoms with Crippen molar-refractivity contribution in [2.75, 3.05) is 0 Å². The van der Waals surface area contributed by atoms with Gasteiger partial charge < -0.3 is 0 Å². The first-order chi connectivity index (χ1) is 24.2. The fourth-order valence-corrected chi connectivity index (χ4v) is 7.53. The van der Waals surface area contributed by atoms with Crippen molar-refractivity contribution in [1.29, 1.82) is 5.26 Å². The topological polar surface area (TPSA) is 62.5 Å². The minimum absolute atomic E-state index is 0.600. The molecule has 0 fully saturated rings. The molecule has 0 aliphatic heterocycles. The number of benzene rings is 7. The van der Waals surface area contributed by atoms with Gasteiger partial charge in [-0.2, -0.15) is 5.26 Å². The molecule has 0 amide bonds. The first-order valence-electron chi connectivity index (χ1n) is 16.1. The number of rotatable bonds is 5. The lowest BCUT2D eigenvalue weighted by atomic mass is 9.90. The molecule has 2 aromatic heterocycles. The van der Waals surface area contributed by atoms with Crippen LogP contribution in [0, 0.1) is 11.3 Å². The predicted molar refractivity (Wildman–Crippen MR) is 202 cm³/mol. The van der Waals surface area contributed by atoms with Crippen LogP contribution < -0.4 is 0 Å². The lowest BCUT2D eigenvalue weighted by Gasteiger charge is -2.15. The van der Waals surface area contributed by atoms with Gasteiger partial charge in [-0.05, 0) is 97.7 Å². The third-order valence-corrected chi connectivity index (χ3v) is 10.0. The minimum atomic E-state index is 0.600. The van der Waals surface area contributed by atoms with Crippen molar-refractivity contribution in [3.63, 3.8) is 0 Å². The third-order valence-electron chi connectivity index (χ3n) is 8.93. The van der Waals surface area contributed by atoms with E-state index < -0.39 is 0 Å². The largest absolute Gasteiger partial charge is 0.208 e. The average Bonchev–Trinajstić information content (AvgIpc) is 3.62. The summed E-state index contributed by atoms with van der Waals surface area (Å²) in [5, 5.41) is 15.4. The molecule has 5 heteroatoms. The highest BCUT2D eigenvalue weighted by molar-refractivity contribution is 7.22. The summed E-state index contributed by atoms with van der Waals surface area (Å²) >= 11 is 1.69. The Morgan fingerprint density at radius 3 is 1.82 bits per heavy atom. The normalized spacial score (nSPS) is 11.2. The van der Waals surface area contributed by atoms with Gasteiger partial charge in [-0.3, -0.25) is 0 Å². The number of hydrogen-bond donors (Lipinski definition) is 0. The molecule has 0 aliphatic carbocycles. The Morgan fingerprint density at radius 1 is 0.429 bits per heavy atom. The van der Waals surface area contributed by atoms with Crippen LogP contribution in [-0.4, -0.2) is 15.0 Å². The lowest BCUT2D eigenvalue weighted by Crippen LogP contribution is -2.00. The van der Waals surface area contributed by atoms with E-state index in [9.17, 15) is 5.26 Å². The van der Waals surface area contributed by atoms with E-state index in [4.69, 9.17) is 15.0 Å². The molecule has 0 N–H and O–H groups in total. The maximum atomic E-state index is 9.49. The molecule has 49 heavy (non-hydrogen) atoms. The maximum absolute atomic E-state index is 9.49. The Labute approximate surface area is 287 Å². The summed E-state index contributed by atoms with van der Waals surface area (Å²) in [6.45, 7) is 0. The van der Waals surface area contributed by atoms with Crippen molar-refractivity contribution >= 4 is 43.0 Å². The summed E-state index contributed by atoms with van der Waals surface area (Å²) in [7, 11) is 0. The standard InChI is InChI=1S/C44H26N4S/c45-27-28-18-20-29(21-19-28)33-22-34(39-25-31-12-4-6-14-36(31)37-15-7-8-16-38(37)39)24-35(23-33)43-46-42(30-10-2-1-3-11-30)47-44(48-43)41-26-32-13-5-9-17-40(32)49-41/h1-26H. The second-order valence-corrected chi connectivity index (χ2v) is 13.1. The van der Waals surface area contributed by atoms with E-state index in [1.807, 2.05) is 54.6 Å². The molecule has 0 atom stereocenters. The summed E-state index contributed by atoms with van der Waals surface area (Å²) < 4.78 is 1.19. The van der Waals surface area contributed by atoms with Crippen LogP contribution in [0.1, 0.15) is 5.56 Å². The number of hydrogen-bond acceptors (Lipinski definition) is 5. The van der Waals surface area contributed by atoms with Gasteiger partial charge in [0.2, 0.25) is 0 Å². The van der Waals surface area contributed by atoms with Crippen LogP contribution in [0.2, 0.25) is 0 Å². The molecule has 0 aliphatic rings. The molecular weight excluding hydrogens is 617 g/mol. The van der Waals surface area contributed by atoms with Crippen molar-refractivity contribution in [3.8, 4) is 61.8 Å². The zero-order chi connectivity index (χ0) is 32.7. The van der Waals surface area contributed by atoms with Crippen LogP contribution in [0.3, 0.4) is 0 Å². The average molecular weight is 643 g/mol. The summed E-state index contributed by atoms with van der Waals surface area (Å²) in [6, 6.07) is 56.6. The molecule has 228 valence electrons. The van der Waals surface area contributed by atoms with E-state index in [-0.39, 0.29) is 0 Å². The molecule has 0 unspecified atom stereocenters. The first-order valence-corrected chi connectivity index (χ1v) is 16.9. The summed E-state index contributed by atoms with van der Waals surface area (Å²) in [6.07, 6.45) is 0. The minimum Gasteiger partial charge on any atom is -0.208 e. The van der Waals surface area contributed by atoms with Crippen LogP contribution in [0.5, 0.6) is 0 Å². The molecule has 0 radical (unpaired) electrons. The molecule has 0 spiro atoms. The SMILES string of the molecule is N#Cc1ccc(-c2cc(-c3nc(-c4ccccc4)nc(-c4cc5ccccc5s4)n3)cc(-c3cc4ccccc4c4ccccc34)c2)cc1. The Kier molecular flexibility index (Phi) is 7.01. The molecule has 0 saturated heterocycles. The molecule has 9 rings (SSSR count). The van der Waals surface area contributed by atoms with Crippen LogP contribution in [0.4, 0.5) is 0 Å². The van der Waals surface area contributed by atoms with E-state index in [2.05, 4.69) is 109 Å². The van der Waals surface area contributed by atoms with E-state index in [1.54, 1.807) is 11.3 Å². The fraction of sp³-hybridized carbons (Fsp3) is 0. The Bertz CT molecular complexity index is 2690. The van der Waals surface area contributed by atoms with Gasteiger partial charge in [0.15, 0.2) is 17.5 Å². The Balaban J connectivity index is 1.31. The van der Waals surface area contributed by atoms with Crippen LogP contribution in [0.25, 0.3) is 87.4 Å². The molecule has 0 bridgehead atoms. The summed E-state index contributed by atoms with van der Waals surface area (Å²) in [4.78, 5) is 16.3. The predicted octanol–water partition coefficient (Wildman–Crippen LogP) is 11.6. The number of nitriles is 1. The number of aromatic nitrogens is 3. The van der Waals surface area contributed by atoms with E-state index in [0.29, 0.717) is 23.0 Å². The number of thiophene rings is 1. The fourth-order valence-electron chi connectivity index (χ4n) is 6.53. The summed E-state index contributed by atoms with van der Waals surface area (Å²) in [5.41, 5.74) is 6.65. The molecule has 9 aromatic rings. The van der Waals surface area contributed by atoms with Gasteiger partial charge in [0.25, 0.3) is 0 Å². The molecule has 0 saturated carbocycles. The Morgan fingerprint density at radius 2 is 1.04 bits per heavy atom. The van der Waals surface area contributed by atoms with E-state index >= 15 is 0 Å². The molecular formula is C44H26N4S. The molecule has 7 aromatic carbocycles. The number of nitrogens with zero attached hydrogens (tertiary/aromatic N) is 4. The van der Waals surface area contributed by atoms with Crippen molar-refractivity contribution < 1.29 is 0 Å². The maximum Gasteiger partial charge on any atom is 0.174 e. The lowest BCUT2D eigenvalue weighted by molar-refractivity contribution is 1.08. The van der Waals surface area contributed by atoms with Gasteiger partial charge in [0.05, 0.1) is 16.5 Å². The van der Waals surface area contributed by atoms with Crippen molar-refractivity contribution in [2.24, 2.45) is 0 Å². The first kappa shape index (κ1) is 28.7. The second kappa shape index (κ2) is 12.0. The molecule has 4 nitrogen and oxygen atoms in total. The van der Waals surface area contributed by atoms with Crippen LogP contribution in [0.15, 0.2) is 158 Å². The van der Waals surface area contributed by atoms with Crippen molar-refractivity contribution in [1.82, 2.24) is 15.0 Å². The van der Waals surface area contributed by atoms with Gasteiger partial charge in [0.1, 0.15) is 0 Å². The second-order valence-electron chi connectivity index (χ2n) is 12.0. The van der Waals surface area contributed by atoms with Crippen molar-refractivity contribution in [2.45, 2.75) is 0 Å². The third kappa shape index (κ3) is 5.31. The van der Waals surface area contributed by atoms with Crippen molar-refractivity contribution in [3.05, 3.63) is 163 Å². The van der Waals surface area contributed by atoms with Gasteiger partial charge in [-0.15, -0.1) is 11.3 Å². The number of fused-ring (bicyclic) bond motifs is 4. The zero-order valence-electron chi connectivity index (χ0n) is 26.2. The van der Waals surface area contributed by atoms with Gasteiger partial charge >= 0.3 is 0 Å². The quantitative estimate of drug-likeness (QED) is 0.175. The molecule has 2 heterocycles.